The van der Waals surface area contributed by atoms with Crippen molar-refractivity contribution < 1.29 is 0 Å². The van der Waals surface area contributed by atoms with Gasteiger partial charge in [0.15, 0.2) is 0 Å². The van der Waals surface area contributed by atoms with Crippen LogP contribution in [0, 0.1) is 0 Å². The summed E-state index contributed by atoms with van der Waals surface area (Å²) in [5.41, 5.74) is 7.98. The first-order valence-electron chi connectivity index (χ1n) is 6.19. The van der Waals surface area contributed by atoms with E-state index < -0.39 is 0 Å². The number of hydrogen-bond acceptors (Lipinski definition) is 3. The van der Waals surface area contributed by atoms with E-state index in [9.17, 15) is 0 Å². The van der Waals surface area contributed by atoms with Gasteiger partial charge in [-0.1, -0.05) is 19.9 Å². The number of rotatable bonds is 6. The van der Waals surface area contributed by atoms with E-state index in [0.29, 0.717) is 12.5 Å². The van der Waals surface area contributed by atoms with E-state index >= 15 is 0 Å². The van der Waals surface area contributed by atoms with Crippen molar-refractivity contribution in [2.75, 3.05) is 18.0 Å². The van der Waals surface area contributed by atoms with Gasteiger partial charge in [0.05, 0.1) is 0 Å². The molecule has 1 heterocycles. The van der Waals surface area contributed by atoms with Gasteiger partial charge in [-0.15, -0.1) is 6.58 Å². The summed E-state index contributed by atoms with van der Waals surface area (Å²) < 4.78 is 0. The van der Waals surface area contributed by atoms with Crippen LogP contribution in [0.1, 0.15) is 37.9 Å². The quantitative estimate of drug-likeness (QED) is 0.768. The van der Waals surface area contributed by atoms with Crippen LogP contribution in [-0.2, 0) is 6.54 Å². The minimum absolute atomic E-state index is 0.419. The topological polar surface area (TPSA) is 42.1 Å². The molecule has 1 aromatic heterocycles. The average molecular weight is 233 g/mol. The molecule has 1 aromatic rings. The van der Waals surface area contributed by atoms with Gasteiger partial charge in [-0.3, -0.25) is 0 Å². The van der Waals surface area contributed by atoms with Crippen LogP contribution in [0.2, 0.25) is 0 Å². The minimum Gasteiger partial charge on any atom is -0.353 e. The van der Waals surface area contributed by atoms with E-state index in [2.05, 4.69) is 44.4 Å². The summed E-state index contributed by atoms with van der Waals surface area (Å²) in [7, 11) is 0. The molecule has 0 saturated carbocycles. The molecular formula is C14H23N3. The van der Waals surface area contributed by atoms with Crippen molar-refractivity contribution in [2.24, 2.45) is 5.73 Å². The summed E-state index contributed by atoms with van der Waals surface area (Å²) in [6.45, 7) is 12.5. The van der Waals surface area contributed by atoms with Crippen LogP contribution < -0.4 is 10.6 Å². The molecule has 2 N–H and O–H groups in total. The van der Waals surface area contributed by atoms with Gasteiger partial charge in [-0.25, -0.2) is 4.98 Å². The lowest BCUT2D eigenvalue weighted by Gasteiger charge is -2.22. The largest absolute Gasteiger partial charge is 0.353 e. The monoisotopic (exact) mass is 233 g/mol. The Balaban J connectivity index is 3.12. The third kappa shape index (κ3) is 3.56. The molecule has 0 fully saturated rings. The first-order chi connectivity index (χ1) is 8.12. The fourth-order valence-electron chi connectivity index (χ4n) is 1.71. The summed E-state index contributed by atoms with van der Waals surface area (Å²) in [6.07, 6.45) is 1.90. The van der Waals surface area contributed by atoms with E-state index in [1.165, 1.54) is 0 Å². The predicted octanol–water partition coefficient (Wildman–Crippen LogP) is 2.68. The van der Waals surface area contributed by atoms with E-state index in [0.717, 1.165) is 30.2 Å². The Hall–Kier alpha value is -1.35. The molecule has 0 bridgehead atoms. The van der Waals surface area contributed by atoms with Gasteiger partial charge in [0.25, 0.3) is 0 Å². The van der Waals surface area contributed by atoms with Crippen molar-refractivity contribution in [3.05, 3.63) is 36.0 Å². The van der Waals surface area contributed by atoms with Crippen molar-refractivity contribution in [1.29, 1.82) is 0 Å². The highest BCUT2D eigenvalue weighted by molar-refractivity contribution is 5.43. The minimum atomic E-state index is 0.419. The van der Waals surface area contributed by atoms with Crippen molar-refractivity contribution in [3.8, 4) is 0 Å². The van der Waals surface area contributed by atoms with Gasteiger partial charge in [-0.2, -0.15) is 0 Å². The highest BCUT2D eigenvalue weighted by Gasteiger charge is 2.09. The highest BCUT2D eigenvalue weighted by Crippen LogP contribution is 2.20. The molecule has 0 aliphatic carbocycles. The standard InChI is InChI=1S/C14H23N3/c1-5-7-17(6-2)14-9-12(10-15)8-13(16-14)11(3)4/h5,8-9,11H,1,6-7,10,15H2,2-4H3. The van der Waals surface area contributed by atoms with Gasteiger partial charge in [0.2, 0.25) is 0 Å². The van der Waals surface area contributed by atoms with E-state index in [4.69, 9.17) is 10.7 Å². The number of nitrogens with two attached hydrogens (primary N) is 1. The molecule has 0 saturated heterocycles. The van der Waals surface area contributed by atoms with Crippen LogP contribution >= 0.6 is 0 Å². The molecule has 94 valence electrons. The Morgan fingerprint density at radius 2 is 2.18 bits per heavy atom. The zero-order chi connectivity index (χ0) is 12.8. The Kier molecular flexibility index (Phi) is 5.16. The third-order valence-electron chi connectivity index (χ3n) is 2.77. The molecule has 0 unspecified atom stereocenters. The van der Waals surface area contributed by atoms with Crippen LogP contribution in [0.3, 0.4) is 0 Å². The van der Waals surface area contributed by atoms with E-state index in [1.54, 1.807) is 0 Å². The fraction of sp³-hybridized carbons (Fsp3) is 0.500. The van der Waals surface area contributed by atoms with Gasteiger partial charge in [-0.05, 0) is 30.5 Å². The Morgan fingerprint density at radius 1 is 1.47 bits per heavy atom. The lowest BCUT2D eigenvalue weighted by molar-refractivity contribution is 0.797. The van der Waals surface area contributed by atoms with Crippen LogP contribution in [-0.4, -0.2) is 18.1 Å². The second kappa shape index (κ2) is 6.40. The maximum atomic E-state index is 5.74. The van der Waals surface area contributed by atoms with Crippen molar-refractivity contribution in [2.45, 2.75) is 33.2 Å². The molecule has 1 rings (SSSR count). The van der Waals surface area contributed by atoms with Gasteiger partial charge in [0, 0.05) is 25.3 Å². The smallest absolute Gasteiger partial charge is 0.129 e. The normalized spacial score (nSPS) is 10.6. The molecule has 0 aliphatic heterocycles. The van der Waals surface area contributed by atoms with E-state index in [1.807, 2.05) is 6.08 Å². The Labute approximate surface area is 104 Å². The summed E-state index contributed by atoms with van der Waals surface area (Å²) in [4.78, 5) is 6.89. The van der Waals surface area contributed by atoms with E-state index in [-0.39, 0.29) is 0 Å². The summed E-state index contributed by atoms with van der Waals surface area (Å²) in [5, 5.41) is 0. The Bertz CT molecular complexity index is 372. The SMILES string of the molecule is C=CCN(CC)c1cc(CN)cc(C(C)C)n1. The number of aromatic nitrogens is 1. The van der Waals surface area contributed by atoms with Crippen LogP contribution in [0.15, 0.2) is 24.8 Å². The average Bonchev–Trinajstić information content (AvgIpc) is 2.35. The maximum Gasteiger partial charge on any atom is 0.129 e. The number of pyridine rings is 1. The molecule has 0 aliphatic rings. The zero-order valence-corrected chi connectivity index (χ0v) is 11.1. The molecule has 3 nitrogen and oxygen atoms in total. The second-order valence-corrected chi connectivity index (χ2v) is 4.44. The van der Waals surface area contributed by atoms with Gasteiger partial charge >= 0.3 is 0 Å². The first-order valence-corrected chi connectivity index (χ1v) is 6.19. The maximum absolute atomic E-state index is 5.74. The number of hydrogen-bond donors (Lipinski definition) is 1. The number of nitrogens with zero attached hydrogens (tertiary/aromatic N) is 2. The summed E-state index contributed by atoms with van der Waals surface area (Å²) in [6, 6.07) is 4.16. The Morgan fingerprint density at radius 3 is 2.65 bits per heavy atom. The number of likely N-dealkylation sites (N-methyl/N-ethyl adjacent to an activating group) is 1. The van der Waals surface area contributed by atoms with Crippen molar-refractivity contribution in [3.63, 3.8) is 0 Å². The molecule has 3 heteroatoms. The molecule has 0 amide bonds. The molecule has 0 atom stereocenters. The van der Waals surface area contributed by atoms with Gasteiger partial charge in [0.1, 0.15) is 5.82 Å². The highest BCUT2D eigenvalue weighted by atomic mass is 15.2. The fourth-order valence-corrected chi connectivity index (χ4v) is 1.71. The summed E-state index contributed by atoms with van der Waals surface area (Å²) in [5.74, 6) is 1.42. The van der Waals surface area contributed by atoms with Crippen LogP contribution in [0.25, 0.3) is 0 Å². The van der Waals surface area contributed by atoms with Crippen LogP contribution in [0.4, 0.5) is 5.82 Å². The lowest BCUT2D eigenvalue weighted by Crippen LogP contribution is -2.24. The number of anilines is 1. The molecule has 0 aromatic carbocycles. The molecule has 0 radical (unpaired) electrons. The first kappa shape index (κ1) is 13.7. The van der Waals surface area contributed by atoms with Crippen molar-refractivity contribution >= 4 is 5.82 Å². The lowest BCUT2D eigenvalue weighted by atomic mass is 10.1. The predicted molar refractivity (Wildman–Crippen MR) is 74.3 cm³/mol. The van der Waals surface area contributed by atoms with Crippen LogP contribution in [0.5, 0.6) is 0 Å². The van der Waals surface area contributed by atoms with Gasteiger partial charge < -0.3 is 10.6 Å². The molecular weight excluding hydrogens is 210 g/mol. The molecule has 17 heavy (non-hydrogen) atoms. The summed E-state index contributed by atoms with van der Waals surface area (Å²) >= 11 is 0. The molecule has 0 spiro atoms. The third-order valence-corrected chi connectivity index (χ3v) is 2.77. The second-order valence-electron chi connectivity index (χ2n) is 4.44. The van der Waals surface area contributed by atoms with Crippen molar-refractivity contribution in [1.82, 2.24) is 4.98 Å². The zero-order valence-electron chi connectivity index (χ0n) is 11.1.